The number of fused-ring (bicyclic) bond motifs is 1. The van der Waals surface area contributed by atoms with E-state index >= 15 is 0 Å². The first kappa shape index (κ1) is 6.47. The van der Waals surface area contributed by atoms with Crippen LogP contribution in [0.3, 0.4) is 0 Å². The van der Waals surface area contributed by atoms with Crippen molar-refractivity contribution < 1.29 is 0 Å². The number of nitrogens with two attached hydrogens (primary N) is 1. The minimum Gasteiger partial charge on any atom is -0.330 e. The molecule has 0 aromatic heterocycles. The van der Waals surface area contributed by atoms with Gasteiger partial charge in [0.05, 0.1) is 0 Å². The topological polar surface area (TPSA) is 26.0 Å². The molecule has 0 amide bonds. The first-order chi connectivity index (χ1) is 5.40. The minimum absolute atomic E-state index is 0.937. The molecule has 1 nitrogen and oxygen atoms in total. The third-order valence-electron chi connectivity index (χ3n) is 4.59. The van der Waals surface area contributed by atoms with Crippen molar-refractivity contribution in [3.63, 3.8) is 0 Å². The molecule has 5 unspecified atom stereocenters. The van der Waals surface area contributed by atoms with Gasteiger partial charge in [-0.15, -0.1) is 0 Å². The summed E-state index contributed by atoms with van der Waals surface area (Å²) >= 11 is 0. The molecular formula is C10H17N. The van der Waals surface area contributed by atoms with E-state index in [0.29, 0.717) is 0 Å². The van der Waals surface area contributed by atoms with Crippen molar-refractivity contribution in [3.05, 3.63) is 0 Å². The fourth-order valence-electron chi connectivity index (χ4n) is 4.13. The van der Waals surface area contributed by atoms with Crippen LogP contribution in [0, 0.1) is 29.6 Å². The molecule has 2 bridgehead atoms. The summed E-state index contributed by atoms with van der Waals surface area (Å²) in [6.07, 6.45) is 6.12. The molecule has 2 N–H and O–H groups in total. The molecule has 0 aromatic rings. The molecule has 3 fully saturated rings. The second kappa shape index (κ2) is 2.01. The van der Waals surface area contributed by atoms with E-state index in [-0.39, 0.29) is 0 Å². The molecule has 5 atom stereocenters. The summed E-state index contributed by atoms with van der Waals surface area (Å²) in [5.74, 6) is 5.30. The average molecular weight is 151 g/mol. The van der Waals surface area contributed by atoms with Crippen molar-refractivity contribution in [3.8, 4) is 0 Å². The predicted molar refractivity (Wildman–Crippen MR) is 45.0 cm³/mol. The van der Waals surface area contributed by atoms with Crippen LogP contribution in [0.5, 0.6) is 0 Å². The summed E-state index contributed by atoms with van der Waals surface area (Å²) in [6, 6.07) is 0. The molecule has 0 spiro atoms. The monoisotopic (exact) mass is 151 g/mol. The Labute approximate surface area is 68.3 Å². The molecular weight excluding hydrogens is 134 g/mol. The Morgan fingerprint density at radius 2 is 1.82 bits per heavy atom. The van der Waals surface area contributed by atoms with Crippen LogP contribution < -0.4 is 5.73 Å². The van der Waals surface area contributed by atoms with Crippen molar-refractivity contribution >= 4 is 0 Å². The van der Waals surface area contributed by atoms with Gasteiger partial charge in [0, 0.05) is 0 Å². The SMILES string of the molecule is NCC1C2CCC3CC1C2C3. The van der Waals surface area contributed by atoms with Crippen molar-refractivity contribution in [2.24, 2.45) is 35.3 Å². The Morgan fingerprint density at radius 3 is 2.64 bits per heavy atom. The van der Waals surface area contributed by atoms with E-state index in [1.807, 2.05) is 0 Å². The van der Waals surface area contributed by atoms with Crippen molar-refractivity contribution in [2.75, 3.05) is 6.54 Å². The van der Waals surface area contributed by atoms with Gasteiger partial charge in [0.25, 0.3) is 0 Å². The predicted octanol–water partition coefficient (Wildman–Crippen LogP) is 1.63. The fraction of sp³-hybridized carbons (Fsp3) is 1.00. The Morgan fingerprint density at radius 1 is 1.00 bits per heavy atom. The van der Waals surface area contributed by atoms with Gasteiger partial charge in [-0.3, -0.25) is 0 Å². The molecule has 0 aromatic carbocycles. The van der Waals surface area contributed by atoms with Crippen molar-refractivity contribution in [2.45, 2.75) is 25.7 Å². The van der Waals surface area contributed by atoms with Gasteiger partial charge in [-0.05, 0) is 55.4 Å². The third-order valence-corrected chi connectivity index (χ3v) is 4.59. The smallest absolute Gasteiger partial charge is 0.00434 e. The molecule has 62 valence electrons. The quantitative estimate of drug-likeness (QED) is 0.605. The van der Waals surface area contributed by atoms with E-state index in [0.717, 1.165) is 36.1 Å². The molecule has 11 heavy (non-hydrogen) atoms. The Balaban J connectivity index is 1.86. The van der Waals surface area contributed by atoms with Crippen molar-refractivity contribution in [1.29, 1.82) is 0 Å². The summed E-state index contributed by atoms with van der Waals surface area (Å²) in [5, 5.41) is 0. The lowest BCUT2D eigenvalue weighted by molar-refractivity contribution is -0.00160. The molecule has 1 heteroatoms. The molecule has 3 aliphatic carbocycles. The fourth-order valence-corrected chi connectivity index (χ4v) is 4.13. The van der Waals surface area contributed by atoms with Gasteiger partial charge in [-0.25, -0.2) is 0 Å². The van der Waals surface area contributed by atoms with Gasteiger partial charge in [0.2, 0.25) is 0 Å². The van der Waals surface area contributed by atoms with Gasteiger partial charge in [0.15, 0.2) is 0 Å². The molecule has 0 radical (unpaired) electrons. The zero-order valence-electron chi connectivity index (χ0n) is 7.00. The van der Waals surface area contributed by atoms with Crippen LogP contribution in [0.2, 0.25) is 0 Å². The molecule has 3 saturated carbocycles. The summed E-state index contributed by atoms with van der Waals surface area (Å²) in [5.41, 5.74) is 5.77. The highest BCUT2D eigenvalue weighted by molar-refractivity contribution is 5.05. The highest BCUT2D eigenvalue weighted by Crippen LogP contribution is 2.62. The lowest BCUT2D eigenvalue weighted by Crippen LogP contribution is -2.47. The van der Waals surface area contributed by atoms with Gasteiger partial charge < -0.3 is 5.73 Å². The molecule has 0 aliphatic heterocycles. The second-order valence-electron chi connectivity index (χ2n) is 4.81. The first-order valence-corrected chi connectivity index (χ1v) is 5.10. The normalized spacial score (nSPS) is 59.2. The second-order valence-corrected chi connectivity index (χ2v) is 4.81. The highest BCUT2D eigenvalue weighted by Gasteiger charge is 2.56. The van der Waals surface area contributed by atoms with Crippen LogP contribution in [0.25, 0.3) is 0 Å². The summed E-state index contributed by atoms with van der Waals surface area (Å²) in [4.78, 5) is 0. The Hall–Kier alpha value is -0.0400. The first-order valence-electron chi connectivity index (χ1n) is 5.10. The number of hydrogen-bond acceptors (Lipinski definition) is 1. The largest absolute Gasteiger partial charge is 0.330 e. The van der Waals surface area contributed by atoms with E-state index < -0.39 is 0 Å². The van der Waals surface area contributed by atoms with Gasteiger partial charge in [0.1, 0.15) is 0 Å². The highest BCUT2D eigenvalue weighted by atomic mass is 14.7. The summed E-state index contributed by atoms with van der Waals surface area (Å²) in [7, 11) is 0. The Kier molecular flexibility index (Phi) is 1.18. The van der Waals surface area contributed by atoms with E-state index in [9.17, 15) is 0 Å². The molecule has 0 heterocycles. The summed E-state index contributed by atoms with van der Waals surface area (Å²) < 4.78 is 0. The maximum absolute atomic E-state index is 5.77. The Bertz CT molecular complexity index is 172. The van der Waals surface area contributed by atoms with E-state index in [1.165, 1.54) is 19.3 Å². The zero-order chi connectivity index (χ0) is 7.42. The van der Waals surface area contributed by atoms with E-state index in [1.54, 1.807) is 6.42 Å². The standard InChI is InChI=1S/C10H17N/c11-5-10-7-2-1-6-3-8(7)9(10)4-6/h6-10H,1-5,11H2. The molecule has 3 rings (SSSR count). The zero-order valence-corrected chi connectivity index (χ0v) is 7.00. The minimum atomic E-state index is 0.937. The van der Waals surface area contributed by atoms with Crippen LogP contribution in [0.4, 0.5) is 0 Å². The lowest BCUT2D eigenvalue weighted by Gasteiger charge is -2.49. The maximum Gasteiger partial charge on any atom is -0.00434 e. The lowest BCUT2D eigenvalue weighted by atomic mass is 9.56. The van der Waals surface area contributed by atoms with Crippen LogP contribution in [-0.2, 0) is 0 Å². The van der Waals surface area contributed by atoms with Gasteiger partial charge in [-0.2, -0.15) is 0 Å². The van der Waals surface area contributed by atoms with E-state index in [4.69, 9.17) is 5.73 Å². The van der Waals surface area contributed by atoms with Crippen molar-refractivity contribution in [1.82, 2.24) is 0 Å². The maximum atomic E-state index is 5.77. The van der Waals surface area contributed by atoms with Crippen LogP contribution in [0.1, 0.15) is 25.7 Å². The molecule has 3 aliphatic rings. The summed E-state index contributed by atoms with van der Waals surface area (Å²) in [6.45, 7) is 0.971. The van der Waals surface area contributed by atoms with E-state index in [2.05, 4.69) is 0 Å². The van der Waals surface area contributed by atoms with Crippen LogP contribution in [-0.4, -0.2) is 6.54 Å². The van der Waals surface area contributed by atoms with Gasteiger partial charge >= 0.3 is 0 Å². The third kappa shape index (κ3) is 0.658. The van der Waals surface area contributed by atoms with Gasteiger partial charge in [-0.1, -0.05) is 6.42 Å². The number of rotatable bonds is 1. The van der Waals surface area contributed by atoms with Crippen LogP contribution >= 0.6 is 0 Å². The number of hydrogen-bond donors (Lipinski definition) is 1. The molecule has 0 saturated heterocycles. The average Bonchev–Trinajstić information content (AvgIpc) is 2.20. The van der Waals surface area contributed by atoms with Crippen LogP contribution in [0.15, 0.2) is 0 Å².